The van der Waals surface area contributed by atoms with Crippen LogP contribution in [0.25, 0.3) is 0 Å². The van der Waals surface area contributed by atoms with Gasteiger partial charge in [-0.25, -0.2) is 0 Å². The van der Waals surface area contributed by atoms with Crippen LogP contribution >= 0.6 is 0 Å². The Morgan fingerprint density at radius 3 is 2.38 bits per heavy atom. The number of carbonyl (C=O) groups excluding carboxylic acids is 1. The van der Waals surface area contributed by atoms with Crippen LogP contribution in [-0.2, 0) is 4.79 Å². The third-order valence-electron chi connectivity index (χ3n) is 2.48. The van der Waals surface area contributed by atoms with Gasteiger partial charge >= 0.3 is 0 Å². The van der Waals surface area contributed by atoms with Crippen molar-refractivity contribution in [2.24, 2.45) is 5.73 Å². The number of aliphatic hydroxyl groups is 1. The first-order valence-corrected chi connectivity index (χ1v) is 5.97. The van der Waals surface area contributed by atoms with E-state index in [1.54, 1.807) is 0 Å². The number of nitrogens with two attached hydrogens (primary N) is 1. The van der Waals surface area contributed by atoms with E-state index in [1.165, 1.54) is 0 Å². The molecule has 16 heavy (non-hydrogen) atoms. The first-order valence-electron chi connectivity index (χ1n) is 5.97. The van der Waals surface area contributed by atoms with Crippen LogP contribution in [-0.4, -0.2) is 40.6 Å². The van der Waals surface area contributed by atoms with Gasteiger partial charge in [-0.1, -0.05) is 0 Å². The van der Waals surface area contributed by atoms with Gasteiger partial charge in [0.25, 0.3) is 0 Å². The van der Waals surface area contributed by atoms with Gasteiger partial charge in [0, 0.05) is 31.2 Å². The predicted molar refractivity (Wildman–Crippen MR) is 66.1 cm³/mol. The van der Waals surface area contributed by atoms with Gasteiger partial charge in [-0.3, -0.25) is 4.79 Å². The molecular formula is C12H26N2O2. The maximum absolute atomic E-state index is 11.9. The molecule has 0 bridgehead atoms. The maximum Gasteiger partial charge on any atom is 0.222 e. The fourth-order valence-electron chi connectivity index (χ4n) is 1.48. The second-order valence-corrected chi connectivity index (χ2v) is 5.25. The molecule has 0 aromatic heterocycles. The predicted octanol–water partition coefficient (Wildman–Crippen LogP) is 1.12. The number of rotatable bonds is 7. The van der Waals surface area contributed by atoms with Crippen molar-refractivity contribution in [1.29, 1.82) is 0 Å². The van der Waals surface area contributed by atoms with Crippen LogP contribution in [0.3, 0.4) is 0 Å². The van der Waals surface area contributed by atoms with Gasteiger partial charge < -0.3 is 15.7 Å². The highest BCUT2D eigenvalue weighted by atomic mass is 16.3. The molecular weight excluding hydrogens is 204 g/mol. The molecule has 0 rings (SSSR count). The molecule has 4 heteroatoms. The molecule has 4 nitrogen and oxygen atoms in total. The summed E-state index contributed by atoms with van der Waals surface area (Å²) in [5.74, 6) is 0.127. The molecule has 0 unspecified atom stereocenters. The summed E-state index contributed by atoms with van der Waals surface area (Å²) < 4.78 is 0. The molecule has 0 fully saturated rings. The Balaban J connectivity index is 4.17. The number of hydrogen-bond acceptors (Lipinski definition) is 3. The lowest BCUT2D eigenvalue weighted by molar-refractivity contribution is -0.133. The summed E-state index contributed by atoms with van der Waals surface area (Å²) in [5.41, 5.74) is 5.55. The molecule has 0 aliphatic carbocycles. The van der Waals surface area contributed by atoms with E-state index in [0.717, 1.165) is 0 Å². The van der Waals surface area contributed by atoms with Crippen molar-refractivity contribution in [2.45, 2.75) is 58.5 Å². The molecule has 0 aliphatic rings. The molecule has 0 radical (unpaired) electrons. The third kappa shape index (κ3) is 6.80. The second kappa shape index (κ2) is 6.86. The minimum atomic E-state index is -0.296. The lowest BCUT2D eigenvalue weighted by atomic mass is 9.99. The molecule has 0 aromatic carbocycles. The zero-order valence-corrected chi connectivity index (χ0v) is 11.0. The lowest BCUT2D eigenvalue weighted by Crippen LogP contribution is -2.40. The van der Waals surface area contributed by atoms with Gasteiger partial charge in [0.1, 0.15) is 0 Å². The Kier molecular flexibility index (Phi) is 6.60. The Hall–Kier alpha value is -0.610. The molecule has 3 N–H and O–H groups in total. The van der Waals surface area contributed by atoms with Crippen LogP contribution in [0.2, 0.25) is 0 Å². The van der Waals surface area contributed by atoms with E-state index >= 15 is 0 Å². The molecule has 0 aromatic rings. The highest BCUT2D eigenvalue weighted by molar-refractivity contribution is 5.76. The van der Waals surface area contributed by atoms with Crippen LogP contribution in [0.4, 0.5) is 0 Å². The smallest absolute Gasteiger partial charge is 0.222 e. The SMILES string of the molecule is CC(C)N(CCCO)C(=O)CCC(C)(C)N. The van der Waals surface area contributed by atoms with E-state index in [2.05, 4.69) is 0 Å². The summed E-state index contributed by atoms with van der Waals surface area (Å²) in [7, 11) is 0. The van der Waals surface area contributed by atoms with Crippen molar-refractivity contribution in [3.63, 3.8) is 0 Å². The van der Waals surface area contributed by atoms with E-state index in [9.17, 15) is 4.79 Å². The minimum absolute atomic E-state index is 0.124. The number of aliphatic hydroxyl groups excluding tert-OH is 1. The standard InChI is InChI=1S/C12H26N2O2/c1-10(2)14(8-5-9-15)11(16)6-7-12(3,4)13/h10,15H,5-9,13H2,1-4H3. The Morgan fingerprint density at radius 1 is 1.44 bits per heavy atom. The molecule has 0 atom stereocenters. The van der Waals surface area contributed by atoms with Crippen molar-refractivity contribution < 1.29 is 9.90 Å². The molecule has 0 heterocycles. The van der Waals surface area contributed by atoms with Crippen molar-refractivity contribution in [3.05, 3.63) is 0 Å². The molecule has 0 saturated heterocycles. The summed E-state index contributed by atoms with van der Waals surface area (Å²) in [6, 6.07) is 0.180. The Morgan fingerprint density at radius 2 is 2.00 bits per heavy atom. The van der Waals surface area contributed by atoms with Gasteiger partial charge in [0.15, 0.2) is 0 Å². The summed E-state index contributed by atoms with van der Waals surface area (Å²) >= 11 is 0. The van der Waals surface area contributed by atoms with Crippen LogP contribution in [0.15, 0.2) is 0 Å². The number of amides is 1. The number of nitrogens with zero attached hydrogens (tertiary/aromatic N) is 1. The van der Waals surface area contributed by atoms with E-state index < -0.39 is 0 Å². The summed E-state index contributed by atoms with van der Waals surface area (Å²) in [5, 5.41) is 8.78. The first kappa shape index (κ1) is 15.4. The minimum Gasteiger partial charge on any atom is -0.396 e. The fourth-order valence-corrected chi connectivity index (χ4v) is 1.48. The molecule has 1 amide bonds. The third-order valence-corrected chi connectivity index (χ3v) is 2.48. The highest BCUT2D eigenvalue weighted by Crippen LogP contribution is 2.11. The van der Waals surface area contributed by atoms with Gasteiger partial charge in [0.2, 0.25) is 5.91 Å². The average Bonchev–Trinajstić information content (AvgIpc) is 2.13. The van der Waals surface area contributed by atoms with Crippen LogP contribution in [0, 0.1) is 0 Å². The van der Waals surface area contributed by atoms with Crippen molar-refractivity contribution in [1.82, 2.24) is 4.90 Å². The quantitative estimate of drug-likeness (QED) is 0.689. The van der Waals surface area contributed by atoms with Gasteiger partial charge in [0.05, 0.1) is 0 Å². The molecule has 0 spiro atoms. The van der Waals surface area contributed by atoms with E-state index in [1.807, 2.05) is 32.6 Å². The summed E-state index contributed by atoms with van der Waals surface area (Å²) in [6.07, 6.45) is 1.80. The van der Waals surface area contributed by atoms with Crippen LogP contribution in [0.1, 0.15) is 47.0 Å². The van der Waals surface area contributed by atoms with E-state index in [4.69, 9.17) is 10.8 Å². The van der Waals surface area contributed by atoms with Crippen LogP contribution in [0.5, 0.6) is 0 Å². The van der Waals surface area contributed by atoms with Crippen molar-refractivity contribution in [3.8, 4) is 0 Å². The van der Waals surface area contributed by atoms with Gasteiger partial charge in [-0.2, -0.15) is 0 Å². The highest BCUT2D eigenvalue weighted by Gasteiger charge is 2.19. The average molecular weight is 230 g/mol. The lowest BCUT2D eigenvalue weighted by Gasteiger charge is -2.28. The zero-order valence-electron chi connectivity index (χ0n) is 11.0. The molecule has 96 valence electrons. The topological polar surface area (TPSA) is 66.6 Å². The van der Waals surface area contributed by atoms with Crippen molar-refractivity contribution in [2.75, 3.05) is 13.2 Å². The maximum atomic E-state index is 11.9. The zero-order chi connectivity index (χ0) is 12.8. The molecule has 0 saturated carbocycles. The monoisotopic (exact) mass is 230 g/mol. The molecule has 0 aliphatic heterocycles. The van der Waals surface area contributed by atoms with E-state index in [-0.39, 0.29) is 24.1 Å². The first-order chi connectivity index (χ1) is 7.28. The Bertz CT molecular complexity index is 210. The fraction of sp³-hybridized carbons (Fsp3) is 0.917. The van der Waals surface area contributed by atoms with Gasteiger partial charge in [-0.15, -0.1) is 0 Å². The number of hydrogen-bond donors (Lipinski definition) is 2. The van der Waals surface area contributed by atoms with Gasteiger partial charge in [-0.05, 0) is 40.5 Å². The summed E-state index contributed by atoms with van der Waals surface area (Å²) in [4.78, 5) is 13.7. The Labute approximate surface area is 98.8 Å². The van der Waals surface area contributed by atoms with E-state index in [0.29, 0.717) is 25.8 Å². The second-order valence-electron chi connectivity index (χ2n) is 5.25. The number of carbonyl (C=O) groups is 1. The van der Waals surface area contributed by atoms with Crippen LogP contribution < -0.4 is 5.73 Å². The summed E-state index contributed by atoms with van der Waals surface area (Å²) in [6.45, 7) is 8.57. The normalized spacial score (nSPS) is 11.9. The largest absolute Gasteiger partial charge is 0.396 e. The van der Waals surface area contributed by atoms with Crippen molar-refractivity contribution >= 4 is 5.91 Å².